The highest BCUT2D eigenvalue weighted by molar-refractivity contribution is 14.1. The van der Waals surface area contributed by atoms with E-state index >= 15 is 0 Å². The Kier molecular flexibility index (Phi) is 8.45. The molecule has 180 valence electrons. The van der Waals surface area contributed by atoms with Gasteiger partial charge in [-0.05, 0) is 72.8 Å². The molecule has 0 saturated carbocycles. The molecule has 3 N–H and O–H groups in total. The van der Waals surface area contributed by atoms with E-state index in [0.717, 1.165) is 26.9 Å². The summed E-state index contributed by atoms with van der Waals surface area (Å²) in [6.07, 6.45) is 1.57. The fraction of sp³-hybridized carbons (Fsp3) is 0.476. The lowest BCUT2D eigenvalue weighted by Crippen LogP contribution is -2.37. The number of aliphatic imine (C=N–C) groups is 3. The number of halogens is 2. The third kappa shape index (κ3) is 6.29. The number of rotatable bonds is 10. The van der Waals surface area contributed by atoms with E-state index in [4.69, 9.17) is 10.5 Å². The molecule has 0 unspecified atom stereocenters. The predicted molar refractivity (Wildman–Crippen MR) is 137 cm³/mol. The van der Waals surface area contributed by atoms with Crippen molar-refractivity contribution in [2.75, 3.05) is 25.7 Å². The number of fused-ring (bicyclic) bond motifs is 1. The van der Waals surface area contributed by atoms with Gasteiger partial charge in [0.2, 0.25) is 10.0 Å². The van der Waals surface area contributed by atoms with Gasteiger partial charge in [-0.1, -0.05) is 0 Å². The highest BCUT2D eigenvalue weighted by Crippen LogP contribution is 2.31. The number of ether oxygens (including phenoxy) is 1. The second kappa shape index (κ2) is 10.9. The summed E-state index contributed by atoms with van der Waals surface area (Å²) in [5.41, 5.74) is 8.34. The summed E-state index contributed by atoms with van der Waals surface area (Å²) in [4.78, 5) is 14.0. The van der Waals surface area contributed by atoms with Gasteiger partial charge in [-0.2, -0.15) is 0 Å². The molecule has 0 saturated heterocycles. The van der Waals surface area contributed by atoms with E-state index in [0.29, 0.717) is 18.9 Å². The van der Waals surface area contributed by atoms with Gasteiger partial charge in [-0.25, -0.2) is 32.5 Å². The Hall–Kier alpha value is -2.06. The maximum atomic E-state index is 13.3. The van der Waals surface area contributed by atoms with E-state index in [1.807, 2.05) is 6.07 Å². The van der Waals surface area contributed by atoms with E-state index in [2.05, 4.69) is 55.1 Å². The minimum absolute atomic E-state index is 0.0308. The fourth-order valence-electron chi connectivity index (χ4n) is 3.70. The Balaban J connectivity index is 1.89. The number of sulfonamides is 1. The molecule has 0 aliphatic carbocycles. The number of alkyl halides is 1. The van der Waals surface area contributed by atoms with Crippen LogP contribution in [0.2, 0.25) is 0 Å². The van der Waals surface area contributed by atoms with Crippen LogP contribution in [0.1, 0.15) is 31.4 Å². The van der Waals surface area contributed by atoms with Gasteiger partial charge in [0.1, 0.15) is 17.3 Å². The van der Waals surface area contributed by atoms with Crippen molar-refractivity contribution < 1.29 is 17.5 Å². The first kappa shape index (κ1) is 25.6. The topological polar surface area (TPSA) is 122 Å². The molecule has 1 aromatic carbocycles. The Morgan fingerprint density at radius 1 is 1.45 bits per heavy atom. The van der Waals surface area contributed by atoms with Gasteiger partial charge in [0.05, 0.1) is 12.4 Å². The van der Waals surface area contributed by atoms with Gasteiger partial charge in [0.25, 0.3) is 0 Å². The number of hydrogen-bond donors (Lipinski definition) is 2. The minimum Gasteiger partial charge on any atom is -0.493 e. The zero-order valence-corrected chi connectivity index (χ0v) is 21.6. The molecule has 0 fully saturated rings. The predicted octanol–water partition coefficient (Wildman–Crippen LogP) is 2.35. The normalized spacial score (nSPS) is 18.5. The van der Waals surface area contributed by atoms with Crippen molar-refractivity contribution >= 4 is 51.0 Å². The first-order valence-electron chi connectivity index (χ1n) is 10.5. The monoisotopic (exact) mass is 590 g/mol. The molecule has 0 radical (unpaired) electrons. The van der Waals surface area contributed by atoms with Crippen molar-refractivity contribution in [3.8, 4) is 5.75 Å². The molecule has 0 atom stereocenters. The summed E-state index contributed by atoms with van der Waals surface area (Å²) in [6.45, 7) is 6.91. The molecular weight excluding hydrogens is 562 g/mol. The Morgan fingerprint density at radius 2 is 2.21 bits per heavy atom. The molecule has 1 aromatic rings. The van der Waals surface area contributed by atoms with Gasteiger partial charge in [0.15, 0.2) is 18.5 Å². The molecular formula is C21H28FIN6O3S. The summed E-state index contributed by atoms with van der Waals surface area (Å²) in [7, 11) is -3.44. The summed E-state index contributed by atoms with van der Waals surface area (Å²) in [6, 6.07) is 3.89. The largest absolute Gasteiger partial charge is 0.493 e. The highest BCUT2D eigenvalue weighted by Gasteiger charge is 2.31. The van der Waals surface area contributed by atoms with Crippen molar-refractivity contribution in [2.45, 2.75) is 39.2 Å². The first-order valence-corrected chi connectivity index (χ1v) is 13.2. The third-order valence-corrected chi connectivity index (χ3v) is 7.72. The average molecular weight is 590 g/mol. The molecule has 2 aliphatic heterocycles. The van der Waals surface area contributed by atoms with Crippen LogP contribution in [0.25, 0.3) is 0 Å². The van der Waals surface area contributed by atoms with E-state index in [9.17, 15) is 12.8 Å². The molecule has 0 bridgehead atoms. The van der Waals surface area contributed by atoms with Crippen molar-refractivity contribution in [3.05, 3.63) is 38.3 Å². The number of amidine groups is 2. The van der Waals surface area contributed by atoms with Gasteiger partial charge in [-0.3, -0.25) is 0 Å². The van der Waals surface area contributed by atoms with Crippen molar-refractivity contribution in [2.24, 2.45) is 20.7 Å². The van der Waals surface area contributed by atoms with Gasteiger partial charge in [-0.15, -0.1) is 0 Å². The van der Waals surface area contributed by atoms with Crippen LogP contribution >= 0.6 is 22.6 Å². The summed E-state index contributed by atoms with van der Waals surface area (Å²) < 4.78 is 47.1. The van der Waals surface area contributed by atoms with Crippen LogP contribution in [0.15, 0.2) is 38.6 Å². The lowest BCUT2D eigenvalue weighted by Gasteiger charge is -2.22. The molecule has 33 heavy (non-hydrogen) atoms. The van der Waals surface area contributed by atoms with Crippen LogP contribution in [-0.2, 0) is 22.9 Å². The second-order valence-corrected chi connectivity index (χ2v) is 11.0. The summed E-state index contributed by atoms with van der Waals surface area (Å²) in [5, 5.41) is 0. The van der Waals surface area contributed by atoms with Crippen LogP contribution in [-0.4, -0.2) is 63.5 Å². The molecule has 0 aromatic heterocycles. The Bertz CT molecular complexity index is 1120. The standard InChI is InChI=1S/C21H28FIN6O3S/c1-13(2)28-33(30,31)8-4-6-29-18(27-19(20(24)25-3)21(29)26-12-22)11-15-10-17-14(5-7-32-17)9-16(15)23/h9-10,13,28H,3-8,11-12,24H2,1-2H3/b20-19-,26-21+. The van der Waals surface area contributed by atoms with Gasteiger partial charge < -0.3 is 15.4 Å². The van der Waals surface area contributed by atoms with Crippen molar-refractivity contribution in [3.63, 3.8) is 0 Å². The van der Waals surface area contributed by atoms with E-state index in [-0.39, 0.29) is 42.1 Å². The van der Waals surface area contributed by atoms with Gasteiger partial charge >= 0.3 is 0 Å². The summed E-state index contributed by atoms with van der Waals surface area (Å²) >= 11 is 2.27. The van der Waals surface area contributed by atoms with Gasteiger partial charge in [0, 0.05) is 29.0 Å². The SMILES string of the molecule is C=N/C(N)=C1\N=C(Cc2cc3c(cc2I)CCO3)N(CCCS(=O)(=O)NC(C)C)\C1=N\CF. The Labute approximate surface area is 207 Å². The Morgan fingerprint density at radius 3 is 2.88 bits per heavy atom. The number of nitrogens with one attached hydrogen (secondary N) is 1. The lowest BCUT2D eigenvalue weighted by molar-refractivity contribution is 0.356. The van der Waals surface area contributed by atoms with E-state index in [1.54, 1.807) is 18.7 Å². The van der Waals surface area contributed by atoms with Crippen LogP contribution < -0.4 is 15.2 Å². The quantitative estimate of drug-likeness (QED) is 0.246. The van der Waals surface area contributed by atoms with Crippen LogP contribution in [0, 0.1) is 3.57 Å². The lowest BCUT2D eigenvalue weighted by atomic mass is 10.1. The number of hydrogen-bond acceptors (Lipinski definition) is 7. The maximum Gasteiger partial charge on any atom is 0.211 e. The highest BCUT2D eigenvalue weighted by atomic mass is 127. The average Bonchev–Trinajstić information content (AvgIpc) is 3.32. The number of nitrogens with two attached hydrogens (primary N) is 1. The molecule has 0 amide bonds. The van der Waals surface area contributed by atoms with E-state index in [1.165, 1.54) is 0 Å². The van der Waals surface area contributed by atoms with Crippen LogP contribution in [0.5, 0.6) is 5.75 Å². The molecule has 2 heterocycles. The molecule has 12 heteroatoms. The first-order chi connectivity index (χ1) is 15.6. The zero-order chi connectivity index (χ0) is 24.2. The van der Waals surface area contributed by atoms with Crippen molar-refractivity contribution in [1.82, 2.24) is 9.62 Å². The number of benzene rings is 1. The van der Waals surface area contributed by atoms with Crippen molar-refractivity contribution in [1.29, 1.82) is 0 Å². The van der Waals surface area contributed by atoms with Crippen LogP contribution in [0.4, 0.5) is 4.39 Å². The summed E-state index contributed by atoms with van der Waals surface area (Å²) in [5.74, 6) is 1.59. The molecule has 9 nitrogen and oxygen atoms in total. The fourth-order valence-corrected chi connectivity index (χ4v) is 5.76. The number of nitrogens with zero attached hydrogens (tertiary/aromatic N) is 4. The molecule has 2 aliphatic rings. The second-order valence-electron chi connectivity index (χ2n) is 7.94. The van der Waals surface area contributed by atoms with E-state index < -0.39 is 16.8 Å². The molecule has 3 rings (SSSR count). The van der Waals surface area contributed by atoms with Crippen LogP contribution in [0.3, 0.4) is 0 Å². The molecule has 0 spiro atoms. The zero-order valence-electron chi connectivity index (χ0n) is 18.6. The smallest absolute Gasteiger partial charge is 0.211 e. The minimum atomic E-state index is -3.44. The maximum absolute atomic E-state index is 13.3. The third-order valence-electron chi connectivity index (χ3n) is 5.06.